The smallest absolute Gasteiger partial charge is 0.155 e. The predicted molar refractivity (Wildman–Crippen MR) is 122 cm³/mol. The highest BCUT2D eigenvalue weighted by Crippen LogP contribution is 2.67. The molecule has 3 fully saturated rings. The lowest BCUT2D eigenvalue weighted by molar-refractivity contribution is -0.119. The summed E-state index contributed by atoms with van der Waals surface area (Å²) >= 11 is 0. The maximum Gasteiger partial charge on any atom is 0.155 e. The van der Waals surface area contributed by atoms with Crippen LogP contribution in [0.5, 0.6) is 0 Å². The van der Waals surface area contributed by atoms with Crippen molar-refractivity contribution >= 4 is 5.78 Å². The third-order valence-corrected chi connectivity index (χ3v) is 9.66. The Balaban J connectivity index is 1.46. The zero-order chi connectivity index (χ0) is 21.4. The number of nitrogens with two attached hydrogens (primary N) is 1. The average molecular weight is 412 g/mol. The molecule has 166 valence electrons. The third-order valence-electron chi connectivity index (χ3n) is 9.66. The van der Waals surface area contributed by atoms with E-state index in [1.54, 1.807) is 0 Å². The molecule has 0 aromatic carbocycles. The molecular formula is C27H41NO2. The molecule has 3 saturated carbocycles. The van der Waals surface area contributed by atoms with E-state index in [2.05, 4.69) is 25.7 Å². The van der Waals surface area contributed by atoms with Crippen LogP contribution >= 0.6 is 0 Å². The highest BCUT2D eigenvalue weighted by molar-refractivity contribution is 5.91. The number of unbranched alkanes of at least 4 members (excludes halogenated alkanes) is 4. The second-order valence-electron chi connectivity index (χ2n) is 11.1. The molecule has 6 atom stereocenters. The van der Waals surface area contributed by atoms with Crippen LogP contribution < -0.4 is 5.73 Å². The van der Waals surface area contributed by atoms with Gasteiger partial charge in [-0.05, 0) is 93.6 Å². The molecule has 0 aromatic heterocycles. The largest absolute Gasteiger partial charge is 0.377 e. The van der Waals surface area contributed by atoms with Gasteiger partial charge in [0.15, 0.2) is 5.78 Å². The summed E-state index contributed by atoms with van der Waals surface area (Å²) in [6.07, 6.45) is 15.6. The summed E-state index contributed by atoms with van der Waals surface area (Å²) in [7, 11) is 0. The topological polar surface area (TPSA) is 63.3 Å². The van der Waals surface area contributed by atoms with E-state index < -0.39 is 5.60 Å². The van der Waals surface area contributed by atoms with Gasteiger partial charge >= 0.3 is 0 Å². The number of hydrogen-bond donors (Lipinski definition) is 2. The second kappa shape index (κ2) is 8.44. The first-order chi connectivity index (χ1) is 14.3. The van der Waals surface area contributed by atoms with Crippen molar-refractivity contribution in [2.75, 3.05) is 6.54 Å². The van der Waals surface area contributed by atoms with Gasteiger partial charge in [0.25, 0.3) is 0 Å². The summed E-state index contributed by atoms with van der Waals surface area (Å²) in [5.41, 5.74) is 6.29. The Labute approximate surface area is 183 Å². The molecule has 0 bridgehead atoms. The van der Waals surface area contributed by atoms with Crippen LogP contribution in [0.2, 0.25) is 0 Å². The van der Waals surface area contributed by atoms with Crippen LogP contribution in [0.25, 0.3) is 0 Å². The molecule has 30 heavy (non-hydrogen) atoms. The van der Waals surface area contributed by atoms with Crippen LogP contribution in [-0.2, 0) is 4.79 Å². The van der Waals surface area contributed by atoms with Crippen molar-refractivity contribution in [2.45, 2.75) is 103 Å². The minimum atomic E-state index is -0.820. The van der Waals surface area contributed by atoms with E-state index in [1.807, 2.05) is 6.08 Å². The van der Waals surface area contributed by atoms with E-state index in [0.717, 1.165) is 57.9 Å². The number of fused-ring (bicyclic) bond motifs is 5. The summed E-state index contributed by atoms with van der Waals surface area (Å²) < 4.78 is 0. The Morgan fingerprint density at radius 3 is 2.60 bits per heavy atom. The Morgan fingerprint density at radius 2 is 1.80 bits per heavy atom. The van der Waals surface area contributed by atoms with Crippen LogP contribution in [0, 0.1) is 40.4 Å². The molecule has 3 unspecified atom stereocenters. The number of carbonyl (C=O) groups excluding carboxylic acids is 1. The van der Waals surface area contributed by atoms with Crippen LogP contribution in [0.1, 0.15) is 97.3 Å². The minimum absolute atomic E-state index is 0.0806. The summed E-state index contributed by atoms with van der Waals surface area (Å²) in [5.74, 6) is 8.97. The lowest BCUT2D eigenvalue weighted by Crippen LogP contribution is -2.54. The van der Waals surface area contributed by atoms with Gasteiger partial charge in [-0.25, -0.2) is 0 Å². The first-order valence-electron chi connectivity index (χ1n) is 12.5. The number of aliphatic hydroxyl groups is 1. The number of allylic oxidation sites excluding steroid dienone is 1. The molecule has 4 aliphatic carbocycles. The zero-order valence-electron chi connectivity index (χ0n) is 19.1. The average Bonchev–Trinajstić information content (AvgIpc) is 2.99. The maximum atomic E-state index is 12.0. The van der Waals surface area contributed by atoms with Gasteiger partial charge in [-0.15, -0.1) is 5.92 Å². The SMILES string of the molecule is C[C@]12CCC(=O)C=C1CCC1C2CC[C@@]2(C)C1CC[C@@]2(O)C#CCCCCCCN. The third kappa shape index (κ3) is 3.59. The van der Waals surface area contributed by atoms with E-state index in [1.165, 1.54) is 31.3 Å². The predicted octanol–water partition coefficient (Wildman–Crippen LogP) is 5.16. The Bertz CT molecular complexity index is 761. The molecule has 0 aromatic rings. The van der Waals surface area contributed by atoms with Gasteiger partial charge in [0.05, 0.1) is 0 Å². The monoisotopic (exact) mass is 411 g/mol. The molecule has 3 nitrogen and oxygen atoms in total. The van der Waals surface area contributed by atoms with Crippen molar-refractivity contribution in [2.24, 2.45) is 34.3 Å². The van der Waals surface area contributed by atoms with Crippen LogP contribution in [0.3, 0.4) is 0 Å². The van der Waals surface area contributed by atoms with Crippen LogP contribution in [0.15, 0.2) is 11.6 Å². The molecule has 3 heteroatoms. The molecule has 0 spiro atoms. The molecule has 0 aliphatic heterocycles. The first-order valence-corrected chi connectivity index (χ1v) is 12.5. The van der Waals surface area contributed by atoms with Crippen molar-refractivity contribution in [3.05, 3.63) is 11.6 Å². The van der Waals surface area contributed by atoms with Gasteiger partial charge in [-0.2, -0.15) is 0 Å². The molecule has 4 aliphatic rings. The molecule has 0 heterocycles. The van der Waals surface area contributed by atoms with Crippen molar-refractivity contribution in [1.29, 1.82) is 0 Å². The van der Waals surface area contributed by atoms with Crippen molar-refractivity contribution < 1.29 is 9.90 Å². The van der Waals surface area contributed by atoms with Crippen LogP contribution in [0.4, 0.5) is 0 Å². The van der Waals surface area contributed by atoms with Crippen LogP contribution in [-0.4, -0.2) is 23.0 Å². The summed E-state index contributed by atoms with van der Waals surface area (Å²) in [4.78, 5) is 12.0. The van der Waals surface area contributed by atoms with Gasteiger partial charge in [0, 0.05) is 18.3 Å². The molecule has 0 amide bonds. The fraction of sp³-hybridized carbons (Fsp3) is 0.815. The minimum Gasteiger partial charge on any atom is -0.377 e. The Hall–Kier alpha value is -1.11. The molecular weight excluding hydrogens is 370 g/mol. The Morgan fingerprint density at radius 1 is 1.03 bits per heavy atom. The van der Waals surface area contributed by atoms with Crippen molar-refractivity contribution in [1.82, 2.24) is 0 Å². The van der Waals surface area contributed by atoms with Gasteiger partial charge in [-0.3, -0.25) is 4.79 Å². The summed E-state index contributed by atoms with van der Waals surface area (Å²) in [6.45, 7) is 5.53. The second-order valence-corrected chi connectivity index (χ2v) is 11.1. The number of rotatable bonds is 5. The fourth-order valence-corrected chi connectivity index (χ4v) is 7.70. The summed E-state index contributed by atoms with van der Waals surface area (Å²) in [6, 6.07) is 0. The first kappa shape index (κ1) is 22.1. The van der Waals surface area contributed by atoms with Gasteiger partial charge in [-0.1, -0.05) is 38.2 Å². The number of carbonyl (C=O) groups is 1. The highest BCUT2D eigenvalue weighted by Gasteiger charge is 2.63. The molecule has 3 N–H and O–H groups in total. The highest BCUT2D eigenvalue weighted by atomic mass is 16.3. The normalized spacial score (nSPS) is 42.5. The van der Waals surface area contributed by atoms with Gasteiger partial charge in [0.1, 0.15) is 5.60 Å². The van der Waals surface area contributed by atoms with E-state index >= 15 is 0 Å². The molecule has 0 saturated heterocycles. The maximum absolute atomic E-state index is 12.0. The van der Waals surface area contributed by atoms with E-state index in [9.17, 15) is 9.90 Å². The number of ketones is 1. The van der Waals surface area contributed by atoms with E-state index in [4.69, 9.17) is 5.73 Å². The zero-order valence-corrected chi connectivity index (χ0v) is 19.1. The number of hydrogen-bond acceptors (Lipinski definition) is 3. The fourth-order valence-electron chi connectivity index (χ4n) is 7.70. The molecule has 0 radical (unpaired) electrons. The molecule has 4 rings (SSSR count). The van der Waals surface area contributed by atoms with Crippen molar-refractivity contribution in [3.63, 3.8) is 0 Å². The van der Waals surface area contributed by atoms with Gasteiger partial charge in [0.2, 0.25) is 0 Å². The Kier molecular flexibility index (Phi) is 6.21. The lowest BCUT2D eigenvalue weighted by atomic mass is 9.46. The van der Waals surface area contributed by atoms with E-state index in [-0.39, 0.29) is 10.8 Å². The summed E-state index contributed by atoms with van der Waals surface area (Å²) in [5, 5.41) is 11.7. The quantitative estimate of drug-likeness (QED) is 0.485. The standard InChI is InChI=1S/C27H41NO2/c1-25-15-11-21(29)19-20(25)9-10-22-23(25)12-16-26(2)24(22)13-17-27(26,30)14-7-5-3-4-6-8-18-28/h19,22-24,30H,3-6,8-13,15-18,28H2,1-2H3/t22?,23?,24?,25-,26-,27-/m0/s1. The van der Waals surface area contributed by atoms with Crippen molar-refractivity contribution in [3.8, 4) is 11.8 Å². The lowest BCUT2D eigenvalue weighted by Gasteiger charge is -2.58. The van der Waals surface area contributed by atoms with E-state index in [0.29, 0.717) is 30.0 Å². The van der Waals surface area contributed by atoms with Gasteiger partial charge < -0.3 is 10.8 Å².